The minimum Gasteiger partial charge on any atom is -0.508 e. The minimum atomic E-state index is -0.700. The quantitative estimate of drug-likeness (QED) is 0.878. The van der Waals surface area contributed by atoms with E-state index < -0.39 is 11.0 Å². The van der Waals surface area contributed by atoms with Crippen molar-refractivity contribution in [2.24, 2.45) is 11.1 Å². The maximum Gasteiger partial charge on any atom is 0.234 e. The number of rotatable bonds is 4. The lowest BCUT2D eigenvalue weighted by Crippen LogP contribution is -2.56. The third-order valence-electron chi connectivity index (χ3n) is 3.85. The Hall–Kier alpha value is -1.55. The van der Waals surface area contributed by atoms with Crippen LogP contribution in [0.3, 0.4) is 0 Å². The van der Waals surface area contributed by atoms with Gasteiger partial charge in [0.25, 0.3) is 0 Å². The zero-order chi connectivity index (χ0) is 14.8. The summed E-state index contributed by atoms with van der Waals surface area (Å²) in [6, 6.07) is 6.70. The molecule has 0 fully saturated rings. The molecule has 1 rings (SSSR count). The fourth-order valence-electron chi connectivity index (χ4n) is 1.72. The first-order valence-electron chi connectivity index (χ1n) is 6.51. The van der Waals surface area contributed by atoms with Gasteiger partial charge in [-0.15, -0.1) is 0 Å². The molecule has 1 amide bonds. The van der Waals surface area contributed by atoms with Gasteiger partial charge in [-0.1, -0.05) is 6.07 Å². The van der Waals surface area contributed by atoms with Crippen LogP contribution >= 0.6 is 0 Å². The molecule has 0 atom stereocenters. The summed E-state index contributed by atoms with van der Waals surface area (Å²) in [5, 5.41) is 9.54. The van der Waals surface area contributed by atoms with Crippen LogP contribution in [0.1, 0.15) is 34.6 Å². The molecule has 0 heterocycles. The van der Waals surface area contributed by atoms with E-state index in [4.69, 9.17) is 5.73 Å². The topological polar surface area (TPSA) is 66.6 Å². The molecular weight excluding hydrogens is 240 g/mol. The van der Waals surface area contributed by atoms with E-state index in [0.717, 1.165) is 0 Å². The van der Waals surface area contributed by atoms with Gasteiger partial charge in [0.05, 0.1) is 5.41 Å². The number of carbonyl (C=O) groups is 1. The normalized spacial score (nSPS) is 12.3. The molecule has 4 heteroatoms. The van der Waals surface area contributed by atoms with Crippen molar-refractivity contribution in [3.63, 3.8) is 0 Å². The van der Waals surface area contributed by atoms with Crippen molar-refractivity contribution in [1.29, 1.82) is 0 Å². The van der Waals surface area contributed by atoms with E-state index >= 15 is 0 Å². The van der Waals surface area contributed by atoms with E-state index in [9.17, 15) is 9.90 Å². The van der Waals surface area contributed by atoms with Crippen LogP contribution in [0.4, 0.5) is 5.69 Å². The number of hydrogen-bond donors (Lipinski definition) is 2. The SMILES string of the molecule is CCN(C(=O)C(C)(C)C(C)(C)N)c1cccc(O)c1. The molecule has 0 saturated carbocycles. The standard InChI is InChI=1S/C15H24N2O2/c1-6-17(11-8-7-9-12(18)10-11)13(19)14(2,3)15(4,5)16/h7-10,18H,6,16H2,1-5H3. The van der Waals surface area contributed by atoms with E-state index in [0.29, 0.717) is 12.2 Å². The number of nitrogens with two attached hydrogens (primary N) is 1. The second-order valence-electron chi connectivity index (χ2n) is 5.92. The van der Waals surface area contributed by atoms with Gasteiger partial charge in [0.2, 0.25) is 5.91 Å². The van der Waals surface area contributed by atoms with Gasteiger partial charge in [-0.2, -0.15) is 0 Å². The van der Waals surface area contributed by atoms with Crippen molar-refractivity contribution in [3.05, 3.63) is 24.3 Å². The van der Waals surface area contributed by atoms with Crippen LogP contribution in [-0.2, 0) is 4.79 Å². The number of phenolic OH excluding ortho intramolecular Hbond substituents is 1. The predicted octanol–water partition coefficient (Wildman–Crippen LogP) is 2.51. The smallest absolute Gasteiger partial charge is 0.234 e. The summed E-state index contributed by atoms with van der Waals surface area (Å²) in [5.74, 6) is 0.0988. The minimum absolute atomic E-state index is 0.0481. The van der Waals surface area contributed by atoms with Crippen molar-refractivity contribution in [3.8, 4) is 5.75 Å². The zero-order valence-electron chi connectivity index (χ0n) is 12.4. The highest BCUT2D eigenvalue weighted by Crippen LogP contribution is 2.33. The highest BCUT2D eigenvalue weighted by atomic mass is 16.3. The Morgan fingerprint density at radius 2 is 1.89 bits per heavy atom. The number of hydrogen-bond acceptors (Lipinski definition) is 3. The summed E-state index contributed by atoms with van der Waals surface area (Å²) in [5.41, 5.74) is 5.47. The van der Waals surface area contributed by atoms with Crippen molar-refractivity contribution < 1.29 is 9.90 Å². The molecule has 1 aromatic carbocycles. The fraction of sp³-hybridized carbons (Fsp3) is 0.533. The highest BCUT2D eigenvalue weighted by molar-refractivity contribution is 5.98. The number of phenols is 1. The second kappa shape index (κ2) is 5.21. The maximum absolute atomic E-state index is 12.7. The predicted molar refractivity (Wildman–Crippen MR) is 78.2 cm³/mol. The molecule has 0 bridgehead atoms. The molecule has 0 unspecified atom stereocenters. The molecule has 0 aromatic heterocycles. The lowest BCUT2D eigenvalue weighted by atomic mass is 9.74. The van der Waals surface area contributed by atoms with E-state index in [1.54, 1.807) is 29.2 Å². The highest BCUT2D eigenvalue weighted by Gasteiger charge is 2.42. The van der Waals surface area contributed by atoms with E-state index in [1.165, 1.54) is 0 Å². The van der Waals surface area contributed by atoms with Crippen LogP contribution in [0.25, 0.3) is 0 Å². The Labute approximate surface area is 115 Å². The molecule has 0 aliphatic carbocycles. The third-order valence-corrected chi connectivity index (χ3v) is 3.85. The molecule has 106 valence electrons. The summed E-state index contributed by atoms with van der Waals surface area (Å²) in [7, 11) is 0. The Kier molecular flexibility index (Phi) is 4.25. The molecule has 0 aliphatic heterocycles. The van der Waals surface area contributed by atoms with Crippen molar-refractivity contribution >= 4 is 11.6 Å². The molecular formula is C15H24N2O2. The Morgan fingerprint density at radius 1 is 1.32 bits per heavy atom. The first kappa shape index (κ1) is 15.5. The number of amides is 1. The molecule has 0 radical (unpaired) electrons. The van der Waals surface area contributed by atoms with E-state index in [-0.39, 0.29) is 11.7 Å². The van der Waals surface area contributed by atoms with E-state index in [1.807, 2.05) is 34.6 Å². The average Bonchev–Trinajstić information content (AvgIpc) is 2.28. The summed E-state index contributed by atoms with van der Waals surface area (Å²) in [6.45, 7) is 9.83. The van der Waals surface area contributed by atoms with Gasteiger partial charge < -0.3 is 15.7 Å². The van der Waals surface area contributed by atoms with Crippen molar-refractivity contribution in [2.45, 2.75) is 40.2 Å². The molecule has 1 aromatic rings. The largest absolute Gasteiger partial charge is 0.508 e. The van der Waals surface area contributed by atoms with Crippen LogP contribution in [-0.4, -0.2) is 23.1 Å². The van der Waals surface area contributed by atoms with Gasteiger partial charge in [-0.05, 0) is 46.8 Å². The maximum atomic E-state index is 12.7. The number of carbonyl (C=O) groups excluding carboxylic acids is 1. The lowest BCUT2D eigenvalue weighted by molar-refractivity contribution is -0.129. The van der Waals surface area contributed by atoms with Crippen molar-refractivity contribution in [1.82, 2.24) is 0 Å². The van der Waals surface area contributed by atoms with Crippen LogP contribution < -0.4 is 10.6 Å². The van der Waals surface area contributed by atoms with Crippen LogP contribution in [0, 0.1) is 5.41 Å². The van der Waals surface area contributed by atoms with Gasteiger partial charge in [-0.3, -0.25) is 4.79 Å². The van der Waals surface area contributed by atoms with Crippen LogP contribution in [0.15, 0.2) is 24.3 Å². The van der Waals surface area contributed by atoms with Crippen LogP contribution in [0.5, 0.6) is 5.75 Å². The fourth-order valence-corrected chi connectivity index (χ4v) is 1.72. The van der Waals surface area contributed by atoms with Gasteiger partial charge in [0.15, 0.2) is 0 Å². The van der Waals surface area contributed by atoms with Gasteiger partial charge in [-0.25, -0.2) is 0 Å². The first-order valence-corrected chi connectivity index (χ1v) is 6.51. The molecule has 19 heavy (non-hydrogen) atoms. The van der Waals surface area contributed by atoms with Crippen molar-refractivity contribution in [2.75, 3.05) is 11.4 Å². The molecule has 0 saturated heterocycles. The molecule has 0 spiro atoms. The molecule has 4 nitrogen and oxygen atoms in total. The summed E-state index contributed by atoms with van der Waals surface area (Å²) >= 11 is 0. The summed E-state index contributed by atoms with van der Waals surface area (Å²) < 4.78 is 0. The molecule has 3 N–H and O–H groups in total. The monoisotopic (exact) mass is 264 g/mol. The Morgan fingerprint density at radius 3 is 2.32 bits per heavy atom. The first-order chi connectivity index (χ1) is 8.61. The van der Waals surface area contributed by atoms with Gasteiger partial charge in [0.1, 0.15) is 5.75 Å². The van der Waals surface area contributed by atoms with E-state index in [2.05, 4.69) is 0 Å². The Balaban J connectivity index is 3.15. The summed E-state index contributed by atoms with van der Waals surface area (Å²) in [4.78, 5) is 14.4. The number of benzene rings is 1. The number of nitrogens with zero attached hydrogens (tertiary/aromatic N) is 1. The lowest BCUT2D eigenvalue weighted by Gasteiger charge is -2.40. The Bertz CT molecular complexity index is 461. The zero-order valence-corrected chi connectivity index (χ0v) is 12.4. The van der Waals surface area contributed by atoms with Crippen LogP contribution in [0.2, 0.25) is 0 Å². The van der Waals surface area contributed by atoms with Gasteiger partial charge >= 0.3 is 0 Å². The second-order valence-corrected chi connectivity index (χ2v) is 5.92. The number of aromatic hydroxyl groups is 1. The molecule has 0 aliphatic rings. The number of anilines is 1. The average molecular weight is 264 g/mol. The third kappa shape index (κ3) is 3.07. The van der Waals surface area contributed by atoms with Gasteiger partial charge in [0, 0.05) is 23.8 Å². The summed E-state index contributed by atoms with van der Waals surface area (Å²) in [6.07, 6.45) is 0.